The van der Waals surface area contributed by atoms with Crippen molar-refractivity contribution in [3.05, 3.63) is 23.8 Å². The molecule has 1 aromatic rings. The van der Waals surface area contributed by atoms with Crippen molar-refractivity contribution in [1.29, 1.82) is 0 Å². The average Bonchev–Trinajstić information content (AvgIpc) is 3.45. The second-order valence-electron chi connectivity index (χ2n) is 9.74. The van der Waals surface area contributed by atoms with Gasteiger partial charge in [-0.25, -0.2) is 4.99 Å². The van der Waals surface area contributed by atoms with E-state index in [1.807, 2.05) is 12.1 Å². The maximum absolute atomic E-state index is 10.5. The summed E-state index contributed by atoms with van der Waals surface area (Å²) >= 11 is 0. The number of likely N-dealkylation sites (tertiary alicyclic amines) is 1. The van der Waals surface area contributed by atoms with Crippen molar-refractivity contribution in [3.63, 3.8) is 0 Å². The number of aromatic hydroxyl groups is 1. The number of aliphatic imine (C=N–C) groups is 1. The van der Waals surface area contributed by atoms with E-state index in [0.717, 1.165) is 24.1 Å². The van der Waals surface area contributed by atoms with Gasteiger partial charge in [-0.1, -0.05) is 39.7 Å². The lowest BCUT2D eigenvalue weighted by molar-refractivity contribution is 0.119. The Kier molecular flexibility index (Phi) is 5.09. The molecular formula is C23H35N3O. The average molecular weight is 370 g/mol. The van der Waals surface area contributed by atoms with Crippen LogP contribution in [0, 0.1) is 5.92 Å². The summed E-state index contributed by atoms with van der Waals surface area (Å²) < 4.78 is 0. The number of fused-ring (bicyclic) bond motifs is 1. The number of phenolic OH excluding ortho intramolecular Hbond substituents is 1. The highest BCUT2D eigenvalue weighted by atomic mass is 16.3. The molecule has 1 aromatic carbocycles. The third kappa shape index (κ3) is 4.25. The van der Waals surface area contributed by atoms with Gasteiger partial charge in [0.25, 0.3) is 0 Å². The van der Waals surface area contributed by atoms with Crippen LogP contribution in [0.15, 0.2) is 23.2 Å². The minimum absolute atomic E-state index is 0.0531. The number of hydrogen-bond donors (Lipinski definition) is 2. The summed E-state index contributed by atoms with van der Waals surface area (Å²) in [7, 11) is 0. The zero-order chi connectivity index (χ0) is 19.0. The van der Waals surface area contributed by atoms with Crippen LogP contribution < -0.4 is 5.32 Å². The molecule has 1 saturated heterocycles. The number of anilines is 1. The van der Waals surface area contributed by atoms with Gasteiger partial charge in [-0.15, -0.1) is 0 Å². The molecule has 2 saturated carbocycles. The van der Waals surface area contributed by atoms with Crippen molar-refractivity contribution in [2.75, 3.05) is 11.9 Å². The first-order chi connectivity index (χ1) is 12.9. The molecule has 1 aliphatic heterocycles. The number of phenols is 1. The van der Waals surface area contributed by atoms with Crippen LogP contribution in [0.3, 0.4) is 0 Å². The zero-order valence-electron chi connectivity index (χ0n) is 17.2. The first-order valence-corrected chi connectivity index (χ1v) is 10.9. The van der Waals surface area contributed by atoms with Gasteiger partial charge in [0.05, 0.1) is 11.7 Å². The van der Waals surface area contributed by atoms with Crippen molar-refractivity contribution in [1.82, 2.24) is 4.90 Å². The van der Waals surface area contributed by atoms with Gasteiger partial charge in [-0.3, -0.25) is 0 Å². The van der Waals surface area contributed by atoms with E-state index in [9.17, 15) is 5.11 Å². The van der Waals surface area contributed by atoms with E-state index in [1.54, 1.807) is 0 Å². The molecule has 4 nitrogen and oxygen atoms in total. The smallest absolute Gasteiger partial charge is 0.199 e. The normalized spacial score (nSPS) is 26.6. The number of rotatable bonds is 2. The van der Waals surface area contributed by atoms with Gasteiger partial charge in [-0.2, -0.15) is 0 Å². The van der Waals surface area contributed by atoms with Crippen LogP contribution in [0.25, 0.3) is 0 Å². The van der Waals surface area contributed by atoms with E-state index in [0.29, 0.717) is 17.8 Å². The summed E-state index contributed by atoms with van der Waals surface area (Å²) in [4.78, 5) is 7.59. The van der Waals surface area contributed by atoms with Gasteiger partial charge >= 0.3 is 0 Å². The van der Waals surface area contributed by atoms with E-state index in [-0.39, 0.29) is 5.41 Å². The van der Waals surface area contributed by atoms with Crippen LogP contribution in [-0.2, 0) is 5.41 Å². The van der Waals surface area contributed by atoms with Crippen LogP contribution in [-0.4, -0.2) is 34.6 Å². The zero-order valence-corrected chi connectivity index (χ0v) is 17.2. The summed E-state index contributed by atoms with van der Waals surface area (Å²) in [5, 5.41) is 14.1. The Morgan fingerprint density at radius 2 is 1.81 bits per heavy atom. The standard InChI is InChI=1S/C23H35N3O/c1-23(2,3)17-10-13-21(27)19(15-17)25-22(24-18-11-12-18)26-14-6-8-16-7-4-5-9-20(16)26/h10,13,15-16,18,20,27H,4-9,11-12,14H2,1-3H3,(H,24,25). The fourth-order valence-corrected chi connectivity index (χ4v) is 4.67. The highest BCUT2D eigenvalue weighted by Crippen LogP contribution is 2.37. The van der Waals surface area contributed by atoms with E-state index in [1.165, 1.54) is 56.9 Å². The van der Waals surface area contributed by atoms with E-state index in [4.69, 9.17) is 4.99 Å². The maximum Gasteiger partial charge on any atom is 0.199 e. The van der Waals surface area contributed by atoms with Crippen molar-refractivity contribution < 1.29 is 5.11 Å². The number of nitrogens with zero attached hydrogens (tertiary/aromatic N) is 2. The van der Waals surface area contributed by atoms with E-state index < -0.39 is 0 Å². The van der Waals surface area contributed by atoms with Crippen LogP contribution in [0.1, 0.15) is 77.7 Å². The molecule has 2 N–H and O–H groups in total. The topological polar surface area (TPSA) is 47.9 Å². The van der Waals surface area contributed by atoms with Gasteiger partial charge in [0.2, 0.25) is 0 Å². The van der Waals surface area contributed by atoms with Gasteiger partial charge in [-0.05, 0) is 67.6 Å². The third-order valence-corrected chi connectivity index (χ3v) is 6.48. The van der Waals surface area contributed by atoms with Crippen molar-refractivity contribution in [2.24, 2.45) is 10.9 Å². The van der Waals surface area contributed by atoms with Gasteiger partial charge in [0.1, 0.15) is 5.75 Å². The molecule has 0 aromatic heterocycles. The molecule has 4 rings (SSSR count). The minimum atomic E-state index is 0.0531. The quantitative estimate of drug-likeness (QED) is 0.424. The maximum atomic E-state index is 10.5. The summed E-state index contributed by atoms with van der Waals surface area (Å²) in [6, 6.07) is 7.02. The fraction of sp³-hybridized carbons (Fsp3) is 0.696. The largest absolute Gasteiger partial charge is 0.506 e. The van der Waals surface area contributed by atoms with Crippen LogP contribution >= 0.6 is 0 Å². The molecule has 0 spiro atoms. The van der Waals surface area contributed by atoms with Gasteiger partial charge in [0.15, 0.2) is 5.96 Å². The molecule has 3 fully saturated rings. The Balaban J connectivity index is 1.62. The number of guanidine groups is 1. The lowest BCUT2D eigenvalue weighted by atomic mass is 9.78. The van der Waals surface area contributed by atoms with Crippen LogP contribution in [0.5, 0.6) is 5.75 Å². The number of hydrogen-bond acceptors (Lipinski definition) is 2. The highest BCUT2D eigenvalue weighted by Gasteiger charge is 2.36. The molecule has 1 heterocycles. The second-order valence-corrected chi connectivity index (χ2v) is 9.74. The Bertz CT molecular complexity index is 700. The summed E-state index contributed by atoms with van der Waals surface area (Å²) in [6.45, 7) is 7.71. The first-order valence-electron chi connectivity index (χ1n) is 10.9. The number of piperidine rings is 1. The summed E-state index contributed by atoms with van der Waals surface area (Å²) in [5.41, 5.74) is 2.07. The molecule has 4 heteroatoms. The molecule has 148 valence electrons. The lowest BCUT2D eigenvalue weighted by Gasteiger charge is -2.45. The monoisotopic (exact) mass is 369 g/mol. The first kappa shape index (κ1) is 18.6. The van der Waals surface area contributed by atoms with Crippen molar-refractivity contribution >= 4 is 11.6 Å². The van der Waals surface area contributed by atoms with E-state index >= 15 is 0 Å². The van der Waals surface area contributed by atoms with Gasteiger partial charge in [0, 0.05) is 12.6 Å². The molecular weight excluding hydrogens is 334 g/mol. The van der Waals surface area contributed by atoms with Crippen LogP contribution in [0.2, 0.25) is 0 Å². The molecule has 0 bridgehead atoms. The fourth-order valence-electron chi connectivity index (χ4n) is 4.67. The van der Waals surface area contributed by atoms with Crippen LogP contribution in [0.4, 0.5) is 5.69 Å². The number of benzene rings is 1. The highest BCUT2D eigenvalue weighted by molar-refractivity contribution is 5.95. The third-order valence-electron chi connectivity index (χ3n) is 6.48. The Labute approximate surface area is 164 Å². The molecule has 27 heavy (non-hydrogen) atoms. The molecule has 0 amide bonds. The number of nitrogens with one attached hydrogen (secondary N) is 1. The van der Waals surface area contributed by atoms with Gasteiger partial charge < -0.3 is 15.3 Å². The lowest BCUT2D eigenvalue weighted by Crippen LogP contribution is -2.52. The predicted molar refractivity (Wildman–Crippen MR) is 113 cm³/mol. The minimum Gasteiger partial charge on any atom is -0.506 e. The summed E-state index contributed by atoms with van der Waals surface area (Å²) in [5.74, 6) is 2.12. The molecule has 2 unspecified atom stereocenters. The molecule has 0 radical (unpaired) electrons. The SMILES string of the molecule is CC(C)(C)c1ccc(O)c(NC(=NC2CC2)N2CCCC3CCCCC32)c1. The Morgan fingerprint density at radius 3 is 2.56 bits per heavy atom. The van der Waals surface area contributed by atoms with Crippen molar-refractivity contribution in [2.45, 2.75) is 89.6 Å². The van der Waals surface area contributed by atoms with Crippen molar-refractivity contribution in [3.8, 4) is 5.75 Å². The molecule has 3 aliphatic rings. The Hall–Kier alpha value is -1.71. The molecule has 2 atom stereocenters. The summed E-state index contributed by atoms with van der Waals surface area (Å²) in [6.07, 6.45) is 10.4. The van der Waals surface area contributed by atoms with E-state index in [2.05, 4.69) is 37.1 Å². The predicted octanol–water partition coefficient (Wildman–Crippen LogP) is 5.27. The molecule has 2 aliphatic carbocycles. The second kappa shape index (κ2) is 7.37. The Morgan fingerprint density at radius 1 is 1.07 bits per heavy atom.